The maximum atomic E-state index is 12.6. The summed E-state index contributed by atoms with van der Waals surface area (Å²) in [6.07, 6.45) is 7.05. The van der Waals surface area contributed by atoms with Crippen molar-refractivity contribution in [3.05, 3.63) is 0 Å². The number of carbonyl (C=O) groups excluding carboxylic acids is 2. The van der Waals surface area contributed by atoms with Gasteiger partial charge >= 0.3 is 0 Å². The van der Waals surface area contributed by atoms with Crippen molar-refractivity contribution in [2.45, 2.75) is 57.4 Å². The molecule has 0 bridgehead atoms. The highest BCUT2D eigenvalue weighted by atomic mass is 32.1. The molecule has 1 saturated heterocycles. The van der Waals surface area contributed by atoms with E-state index in [1.54, 1.807) is 0 Å². The van der Waals surface area contributed by atoms with E-state index in [0.717, 1.165) is 44.9 Å². The molecule has 4 N–H and O–H groups in total. The van der Waals surface area contributed by atoms with Crippen molar-refractivity contribution in [3.8, 4) is 0 Å². The number of carbonyl (C=O) groups is 2. The molecule has 0 radical (unpaired) electrons. The fourth-order valence-electron chi connectivity index (χ4n) is 3.13. The lowest BCUT2D eigenvalue weighted by Gasteiger charge is -2.30. The third-order valence-electron chi connectivity index (χ3n) is 4.46. The molecule has 6 heteroatoms. The van der Waals surface area contributed by atoms with E-state index in [1.807, 2.05) is 0 Å². The summed E-state index contributed by atoms with van der Waals surface area (Å²) >= 11 is 5.18. The number of hydrogen-bond donors (Lipinski definition) is 3. The molecule has 2 amide bonds. The minimum Gasteiger partial charge on any atom is -0.392 e. The van der Waals surface area contributed by atoms with Crippen LogP contribution in [0.4, 0.5) is 0 Å². The monoisotopic (exact) mass is 297 g/mol. The van der Waals surface area contributed by atoms with Crippen LogP contribution in [-0.4, -0.2) is 29.4 Å². The minimum atomic E-state index is -0.686. The number of amides is 2. The smallest absolute Gasteiger partial charge is 0.233 e. The first-order valence-corrected chi connectivity index (χ1v) is 7.83. The molecular weight excluding hydrogens is 274 g/mol. The Bertz CT molecular complexity index is 403. The second kappa shape index (κ2) is 6.52. The number of rotatable bonds is 4. The van der Waals surface area contributed by atoms with Crippen LogP contribution in [0.15, 0.2) is 0 Å². The maximum Gasteiger partial charge on any atom is 0.233 e. The molecule has 1 saturated carbocycles. The summed E-state index contributed by atoms with van der Waals surface area (Å²) in [7, 11) is 0. The first-order valence-electron chi connectivity index (χ1n) is 7.42. The summed E-state index contributed by atoms with van der Waals surface area (Å²) in [4.78, 5) is 24.0. The Labute approximate surface area is 125 Å². The van der Waals surface area contributed by atoms with Gasteiger partial charge in [0.15, 0.2) is 0 Å². The predicted molar refractivity (Wildman–Crippen MR) is 81.1 cm³/mol. The second-order valence-electron chi connectivity index (χ2n) is 5.87. The summed E-state index contributed by atoms with van der Waals surface area (Å²) in [6, 6.07) is 0.0422. The molecule has 0 aromatic rings. The van der Waals surface area contributed by atoms with Crippen molar-refractivity contribution in [1.82, 2.24) is 10.6 Å². The van der Waals surface area contributed by atoms with Gasteiger partial charge in [0, 0.05) is 19.0 Å². The molecule has 2 fully saturated rings. The van der Waals surface area contributed by atoms with Gasteiger partial charge in [0.05, 0.1) is 10.4 Å². The largest absolute Gasteiger partial charge is 0.392 e. The van der Waals surface area contributed by atoms with Gasteiger partial charge < -0.3 is 16.4 Å². The Morgan fingerprint density at radius 1 is 1.35 bits per heavy atom. The number of nitrogens with two attached hydrogens (primary N) is 1. The van der Waals surface area contributed by atoms with Crippen LogP contribution in [0.25, 0.3) is 0 Å². The molecule has 2 rings (SSSR count). The molecule has 20 heavy (non-hydrogen) atoms. The Hall–Kier alpha value is -1.17. The third-order valence-corrected chi connectivity index (χ3v) is 4.85. The molecule has 112 valence electrons. The van der Waals surface area contributed by atoms with Gasteiger partial charge in [0.2, 0.25) is 11.8 Å². The van der Waals surface area contributed by atoms with E-state index < -0.39 is 5.41 Å². The van der Waals surface area contributed by atoms with Crippen LogP contribution in [0.1, 0.15) is 51.4 Å². The summed E-state index contributed by atoms with van der Waals surface area (Å²) in [5, 5.41) is 5.79. The Morgan fingerprint density at radius 3 is 2.50 bits per heavy atom. The second-order valence-corrected chi connectivity index (χ2v) is 6.31. The van der Waals surface area contributed by atoms with Crippen molar-refractivity contribution >= 4 is 29.0 Å². The van der Waals surface area contributed by atoms with Gasteiger partial charge in [-0.3, -0.25) is 9.59 Å². The number of thiocarbonyl (C=S) groups is 1. The molecule has 1 unspecified atom stereocenters. The van der Waals surface area contributed by atoms with Crippen LogP contribution in [0.2, 0.25) is 0 Å². The minimum absolute atomic E-state index is 0.0422. The average molecular weight is 297 g/mol. The van der Waals surface area contributed by atoms with Crippen molar-refractivity contribution in [2.75, 3.05) is 6.54 Å². The normalized spacial score (nSPS) is 25.6. The first kappa shape index (κ1) is 15.2. The Kier molecular flexibility index (Phi) is 4.96. The fraction of sp³-hybridized carbons (Fsp3) is 0.786. The molecule has 0 spiro atoms. The molecule has 1 aliphatic carbocycles. The van der Waals surface area contributed by atoms with Gasteiger partial charge in [0.1, 0.15) is 0 Å². The van der Waals surface area contributed by atoms with E-state index in [4.69, 9.17) is 18.0 Å². The fourth-order valence-corrected chi connectivity index (χ4v) is 3.43. The highest BCUT2D eigenvalue weighted by Gasteiger charge is 2.41. The summed E-state index contributed by atoms with van der Waals surface area (Å²) in [5.74, 6) is -0.00387. The van der Waals surface area contributed by atoms with Gasteiger partial charge in [-0.1, -0.05) is 37.9 Å². The summed E-state index contributed by atoms with van der Waals surface area (Å²) in [5.41, 5.74) is 5.19. The lowest BCUT2D eigenvalue weighted by atomic mass is 9.79. The van der Waals surface area contributed by atoms with E-state index in [-0.39, 0.29) is 17.9 Å². The van der Waals surface area contributed by atoms with Crippen LogP contribution in [0.3, 0.4) is 0 Å². The molecule has 1 heterocycles. The lowest BCUT2D eigenvalue weighted by Crippen LogP contribution is -2.51. The molecule has 0 aromatic heterocycles. The maximum absolute atomic E-state index is 12.6. The summed E-state index contributed by atoms with van der Waals surface area (Å²) < 4.78 is 0. The Balaban J connectivity index is 1.96. The molecule has 5 nitrogen and oxygen atoms in total. The predicted octanol–water partition coefficient (Wildman–Crippen LogP) is 1.01. The van der Waals surface area contributed by atoms with Crippen LogP contribution >= 0.6 is 12.2 Å². The SMILES string of the molecule is NC(=S)C1(C(=O)NCC2CCC(=O)N2)CCCCCC1. The molecule has 1 atom stereocenters. The van der Waals surface area contributed by atoms with E-state index in [1.165, 1.54) is 0 Å². The van der Waals surface area contributed by atoms with Gasteiger partial charge in [0.25, 0.3) is 0 Å². The van der Waals surface area contributed by atoms with Crippen molar-refractivity contribution in [3.63, 3.8) is 0 Å². The lowest BCUT2D eigenvalue weighted by molar-refractivity contribution is -0.128. The topological polar surface area (TPSA) is 84.2 Å². The number of hydrogen-bond acceptors (Lipinski definition) is 3. The summed E-state index contributed by atoms with van der Waals surface area (Å²) in [6.45, 7) is 0.467. The molecule has 0 aromatic carbocycles. The van der Waals surface area contributed by atoms with E-state index in [2.05, 4.69) is 10.6 Å². The van der Waals surface area contributed by atoms with Gasteiger partial charge in [-0.25, -0.2) is 0 Å². The average Bonchev–Trinajstić information content (AvgIpc) is 2.68. The van der Waals surface area contributed by atoms with E-state index in [9.17, 15) is 9.59 Å². The van der Waals surface area contributed by atoms with Crippen molar-refractivity contribution in [1.29, 1.82) is 0 Å². The zero-order valence-electron chi connectivity index (χ0n) is 11.7. The molecule has 2 aliphatic rings. The van der Waals surface area contributed by atoms with Crippen molar-refractivity contribution < 1.29 is 9.59 Å². The van der Waals surface area contributed by atoms with Gasteiger partial charge in [-0.05, 0) is 19.3 Å². The van der Waals surface area contributed by atoms with Gasteiger partial charge in [-0.2, -0.15) is 0 Å². The quantitative estimate of drug-likeness (QED) is 0.534. The van der Waals surface area contributed by atoms with E-state index in [0.29, 0.717) is 18.0 Å². The van der Waals surface area contributed by atoms with Crippen LogP contribution in [0, 0.1) is 5.41 Å². The third kappa shape index (κ3) is 3.29. The van der Waals surface area contributed by atoms with Crippen molar-refractivity contribution in [2.24, 2.45) is 11.1 Å². The van der Waals surface area contributed by atoms with E-state index >= 15 is 0 Å². The Morgan fingerprint density at radius 2 is 2.00 bits per heavy atom. The molecular formula is C14H23N3O2S. The first-order chi connectivity index (χ1) is 9.54. The zero-order chi connectivity index (χ0) is 14.6. The highest BCUT2D eigenvalue weighted by Crippen LogP contribution is 2.35. The van der Waals surface area contributed by atoms with Crippen LogP contribution in [-0.2, 0) is 9.59 Å². The van der Waals surface area contributed by atoms with Gasteiger partial charge in [-0.15, -0.1) is 0 Å². The number of nitrogens with one attached hydrogen (secondary N) is 2. The standard InChI is InChI=1S/C14H23N3O2S/c15-12(20)14(7-3-1-2-4-8-14)13(19)16-9-10-5-6-11(18)17-10/h10H,1-9H2,(H2,15,20)(H,16,19)(H,17,18). The molecule has 1 aliphatic heterocycles. The zero-order valence-corrected chi connectivity index (χ0v) is 12.6. The van der Waals surface area contributed by atoms with Crippen LogP contribution in [0.5, 0.6) is 0 Å². The highest BCUT2D eigenvalue weighted by molar-refractivity contribution is 7.80. The van der Waals surface area contributed by atoms with Crippen LogP contribution < -0.4 is 16.4 Å².